The number of nitrogens with zero attached hydrogens (tertiary/aromatic N) is 2. The summed E-state index contributed by atoms with van der Waals surface area (Å²) in [4.78, 5) is 4.43. The normalized spacial score (nSPS) is 10.7. The van der Waals surface area contributed by atoms with Gasteiger partial charge in [-0.1, -0.05) is 25.5 Å². The van der Waals surface area contributed by atoms with Gasteiger partial charge in [0.25, 0.3) is 0 Å². The van der Waals surface area contributed by atoms with Gasteiger partial charge < -0.3 is 9.88 Å². The van der Waals surface area contributed by atoms with Crippen LogP contribution in [0, 0.1) is 19.7 Å². The Morgan fingerprint density at radius 2 is 2.11 bits per heavy atom. The number of aryl methyl sites for hydroxylation is 3. The summed E-state index contributed by atoms with van der Waals surface area (Å²) in [5.74, 6) is 0.460. The molecule has 102 valence electrons. The van der Waals surface area contributed by atoms with Crippen LogP contribution < -0.4 is 5.32 Å². The first-order valence-electron chi connectivity index (χ1n) is 6.67. The maximum Gasteiger partial charge on any atom is 0.207 e. The fourth-order valence-corrected chi connectivity index (χ4v) is 2.05. The summed E-state index contributed by atoms with van der Waals surface area (Å²) in [5.41, 5.74) is 2.32. The number of benzene rings is 1. The summed E-state index contributed by atoms with van der Waals surface area (Å²) in [6.45, 7) is 6.88. The van der Waals surface area contributed by atoms with Gasteiger partial charge in [-0.05, 0) is 31.9 Å². The molecule has 0 saturated heterocycles. The lowest BCUT2D eigenvalue weighted by atomic mass is 10.2. The Morgan fingerprint density at radius 1 is 1.32 bits per heavy atom. The third-order valence-corrected chi connectivity index (χ3v) is 3.11. The zero-order chi connectivity index (χ0) is 13.8. The van der Waals surface area contributed by atoms with Crippen molar-refractivity contribution in [2.24, 2.45) is 0 Å². The number of aromatic nitrogens is 2. The van der Waals surface area contributed by atoms with E-state index < -0.39 is 0 Å². The van der Waals surface area contributed by atoms with Crippen LogP contribution in [0.1, 0.15) is 31.0 Å². The van der Waals surface area contributed by atoms with Crippen LogP contribution in [0.3, 0.4) is 0 Å². The van der Waals surface area contributed by atoms with E-state index in [1.807, 2.05) is 30.7 Å². The SMILES string of the molecule is CCCCn1cc(C)nc1Nc1c(C)cccc1F. The Morgan fingerprint density at radius 3 is 2.79 bits per heavy atom. The van der Waals surface area contributed by atoms with Gasteiger partial charge in [-0.2, -0.15) is 0 Å². The van der Waals surface area contributed by atoms with Gasteiger partial charge in [-0.15, -0.1) is 0 Å². The minimum Gasteiger partial charge on any atom is -0.323 e. The molecule has 0 radical (unpaired) electrons. The minimum atomic E-state index is -0.248. The molecule has 0 atom stereocenters. The Kier molecular flexibility index (Phi) is 4.20. The molecule has 1 aromatic heterocycles. The zero-order valence-electron chi connectivity index (χ0n) is 11.7. The lowest BCUT2D eigenvalue weighted by molar-refractivity contribution is 0.625. The standard InChI is InChI=1S/C15H20FN3/c1-4-5-9-19-10-12(3)17-15(19)18-14-11(2)7-6-8-13(14)16/h6-8,10H,4-5,9H2,1-3H3,(H,17,18). The second-order valence-corrected chi connectivity index (χ2v) is 4.81. The van der Waals surface area contributed by atoms with E-state index in [1.54, 1.807) is 6.07 Å². The van der Waals surface area contributed by atoms with Crippen molar-refractivity contribution < 1.29 is 4.39 Å². The number of halogens is 1. The molecule has 2 rings (SSSR count). The third kappa shape index (κ3) is 3.13. The summed E-state index contributed by atoms with van der Waals surface area (Å²) < 4.78 is 15.9. The van der Waals surface area contributed by atoms with Gasteiger partial charge in [-0.3, -0.25) is 0 Å². The van der Waals surface area contributed by atoms with Gasteiger partial charge in [-0.25, -0.2) is 9.37 Å². The fourth-order valence-electron chi connectivity index (χ4n) is 2.05. The summed E-state index contributed by atoms with van der Waals surface area (Å²) in [6, 6.07) is 5.06. The van der Waals surface area contributed by atoms with E-state index in [-0.39, 0.29) is 5.82 Å². The molecule has 0 fully saturated rings. The van der Waals surface area contributed by atoms with Crippen molar-refractivity contribution in [3.8, 4) is 0 Å². The topological polar surface area (TPSA) is 29.9 Å². The van der Waals surface area contributed by atoms with Crippen molar-refractivity contribution in [2.75, 3.05) is 5.32 Å². The number of hydrogen-bond donors (Lipinski definition) is 1. The molecule has 0 aliphatic carbocycles. The highest BCUT2D eigenvalue weighted by Gasteiger charge is 2.10. The van der Waals surface area contributed by atoms with E-state index in [0.29, 0.717) is 11.6 Å². The van der Waals surface area contributed by atoms with Gasteiger partial charge in [0.1, 0.15) is 5.82 Å². The largest absolute Gasteiger partial charge is 0.323 e. The van der Waals surface area contributed by atoms with Crippen LogP contribution in [0.4, 0.5) is 16.0 Å². The lowest BCUT2D eigenvalue weighted by Gasteiger charge is -2.12. The second kappa shape index (κ2) is 5.87. The average Bonchev–Trinajstić information content (AvgIpc) is 2.72. The fraction of sp³-hybridized carbons (Fsp3) is 0.400. The van der Waals surface area contributed by atoms with Crippen LogP contribution in [0.15, 0.2) is 24.4 Å². The van der Waals surface area contributed by atoms with Crippen LogP contribution in [0.25, 0.3) is 0 Å². The average molecular weight is 261 g/mol. The molecular weight excluding hydrogens is 241 g/mol. The molecular formula is C15H20FN3. The van der Waals surface area contributed by atoms with Crippen molar-refractivity contribution in [3.05, 3.63) is 41.5 Å². The first kappa shape index (κ1) is 13.6. The van der Waals surface area contributed by atoms with Gasteiger partial charge >= 0.3 is 0 Å². The summed E-state index contributed by atoms with van der Waals surface area (Å²) in [6.07, 6.45) is 4.20. The quantitative estimate of drug-likeness (QED) is 0.875. The number of imidazole rings is 1. The Labute approximate surface area is 113 Å². The third-order valence-electron chi connectivity index (χ3n) is 3.11. The summed E-state index contributed by atoms with van der Waals surface area (Å²) >= 11 is 0. The highest BCUT2D eigenvalue weighted by Crippen LogP contribution is 2.23. The van der Waals surface area contributed by atoms with E-state index >= 15 is 0 Å². The molecule has 3 nitrogen and oxygen atoms in total. The molecule has 1 N–H and O–H groups in total. The molecule has 2 aromatic rings. The van der Waals surface area contributed by atoms with Crippen LogP contribution >= 0.6 is 0 Å². The van der Waals surface area contributed by atoms with E-state index in [2.05, 4.69) is 17.2 Å². The highest BCUT2D eigenvalue weighted by molar-refractivity contribution is 5.59. The van der Waals surface area contributed by atoms with Crippen LogP contribution in [0.2, 0.25) is 0 Å². The van der Waals surface area contributed by atoms with Gasteiger partial charge in [0, 0.05) is 12.7 Å². The monoisotopic (exact) mass is 261 g/mol. The highest BCUT2D eigenvalue weighted by atomic mass is 19.1. The Hall–Kier alpha value is -1.84. The second-order valence-electron chi connectivity index (χ2n) is 4.81. The van der Waals surface area contributed by atoms with E-state index in [1.165, 1.54) is 6.07 Å². The van der Waals surface area contributed by atoms with Crippen molar-refractivity contribution >= 4 is 11.6 Å². The zero-order valence-corrected chi connectivity index (χ0v) is 11.7. The molecule has 1 aromatic carbocycles. The predicted octanol–water partition coefficient (Wildman–Crippen LogP) is 4.18. The number of hydrogen-bond acceptors (Lipinski definition) is 2. The molecule has 4 heteroatoms. The van der Waals surface area contributed by atoms with Gasteiger partial charge in [0.2, 0.25) is 5.95 Å². The van der Waals surface area contributed by atoms with Crippen LogP contribution in [-0.2, 0) is 6.54 Å². The Bertz CT molecular complexity index is 540. The van der Waals surface area contributed by atoms with Gasteiger partial charge in [0.15, 0.2) is 0 Å². The number of nitrogens with one attached hydrogen (secondary N) is 1. The molecule has 0 spiro atoms. The molecule has 19 heavy (non-hydrogen) atoms. The summed E-state index contributed by atoms with van der Waals surface area (Å²) in [5, 5.41) is 3.12. The number of unbranched alkanes of at least 4 members (excludes halogenated alkanes) is 1. The number of anilines is 2. The first-order chi connectivity index (χ1) is 9.11. The minimum absolute atomic E-state index is 0.248. The van der Waals surface area contributed by atoms with Crippen molar-refractivity contribution in [3.63, 3.8) is 0 Å². The maximum atomic E-state index is 13.8. The van der Waals surface area contributed by atoms with E-state index in [4.69, 9.17) is 0 Å². The molecule has 0 bridgehead atoms. The first-order valence-corrected chi connectivity index (χ1v) is 6.67. The molecule has 0 unspecified atom stereocenters. The number of rotatable bonds is 5. The molecule has 0 aliphatic rings. The predicted molar refractivity (Wildman–Crippen MR) is 76.3 cm³/mol. The molecule has 0 saturated carbocycles. The van der Waals surface area contributed by atoms with Crippen LogP contribution in [-0.4, -0.2) is 9.55 Å². The lowest BCUT2D eigenvalue weighted by Crippen LogP contribution is -2.05. The maximum absolute atomic E-state index is 13.8. The molecule has 1 heterocycles. The van der Waals surface area contributed by atoms with Crippen molar-refractivity contribution in [1.82, 2.24) is 9.55 Å². The number of para-hydroxylation sites is 1. The van der Waals surface area contributed by atoms with E-state index in [9.17, 15) is 4.39 Å². The summed E-state index contributed by atoms with van der Waals surface area (Å²) in [7, 11) is 0. The van der Waals surface area contributed by atoms with Crippen molar-refractivity contribution in [1.29, 1.82) is 0 Å². The Balaban J connectivity index is 2.27. The van der Waals surface area contributed by atoms with E-state index in [0.717, 1.165) is 30.6 Å². The van der Waals surface area contributed by atoms with Crippen LogP contribution in [0.5, 0.6) is 0 Å². The molecule has 0 amide bonds. The smallest absolute Gasteiger partial charge is 0.207 e. The van der Waals surface area contributed by atoms with Gasteiger partial charge in [0.05, 0.1) is 11.4 Å². The van der Waals surface area contributed by atoms with Crippen molar-refractivity contribution in [2.45, 2.75) is 40.2 Å². The molecule has 0 aliphatic heterocycles.